The number of pyridine rings is 1. The second kappa shape index (κ2) is 6.52. The van der Waals surface area contributed by atoms with Crippen LogP contribution in [0.3, 0.4) is 0 Å². The zero-order valence-electron chi connectivity index (χ0n) is 10.9. The second-order valence-corrected chi connectivity index (χ2v) is 5.18. The summed E-state index contributed by atoms with van der Waals surface area (Å²) in [6.07, 6.45) is 1.89. The monoisotopic (exact) mass is 261 g/mol. The molecule has 0 aliphatic carbocycles. The van der Waals surface area contributed by atoms with Crippen molar-refractivity contribution >= 4 is 17.2 Å². The van der Waals surface area contributed by atoms with Crippen LogP contribution in [0.5, 0.6) is 0 Å². The molecule has 2 rings (SSSR count). The molecule has 0 spiro atoms. The lowest BCUT2D eigenvalue weighted by Gasteiger charge is -2.21. The Morgan fingerprint density at radius 2 is 2.28 bits per heavy atom. The number of nitrogens with one attached hydrogen (secondary N) is 1. The van der Waals surface area contributed by atoms with Crippen molar-refractivity contribution in [3.63, 3.8) is 0 Å². The van der Waals surface area contributed by atoms with Crippen molar-refractivity contribution in [2.75, 3.05) is 18.5 Å². The summed E-state index contributed by atoms with van der Waals surface area (Å²) in [6.45, 7) is 4.95. The largest absolute Gasteiger partial charge is 0.352 e. The smallest absolute Gasteiger partial charge is 0.129 e. The quantitative estimate of drug-likeness (QED) is 0.866. The predicted molar refractivity (Wildman–Crippen MR) is 78.0 cm³/mol. The number of aromatic nitrogens is 1. The zero-order valence-corrected chi connectivity index (χ0v) is 11.7. The Hall–Kier alpha value is -1.39. The van der Waals surface area contributed by atoms with E-state index in [4.69, 9.17) is 0 Å². The van der Waals surface area contributed by atoms with E-state index in [2.05, 4.69) is 51.8 Å². The molecule has 0 atom stereocenters. The van der Waals surface area contributed by atoms with Crippen LogP contribution < -0.4 is 10.2 Å². The van der Waals surface area contributed by atoms with E-state index in [1.807, 2.05) is 13.2 Å². The summed E-state index contributed by atoms with van der Waals surface area (Å²) in [6, 6.07) is 8.48. The Labute approximate surface area is 112 Å². The van der Waals surface area contributed by atoms with E-state index in [0.29, 0.717) is 0 Å². The van der Waals surface area contributed by atoms with Gasteiger partial charge in [-0.2, -0.15) is 0 Å². The molecule has 1 N–H and O–H groups in total. The van der Waals surface area contributed by atoms with Gasteiger partial charge in [-0.15, -0.1) is 11.3 Å². The Morgan fingerprint density at radius 3 is 2.94 bits per heavy atom. The lowest BCUT2D eigenvalue weighted by Crippen LogP contribution is -2.22. The summed E-state index contributed by atoms with van der Waals surface area (Å²) in [4.78, 5) is 8.15. The van der Waals surface area contributed by atoms with Gasteiger partial charge in [0.2, 0.25) is 0 Å². The molecule has 96 valence electrons. The first kappa shape index (κ1) is 13.1. The minimum Gasteiger partial charge on any atom is -0.352 e. The van der Waals surface area contributed by atoms with E-state index in [-0.39, 0.29) is 0 Å². The summed E-state index contributed by atoms with van der Waals surface area (Å²) in [5.74, 6) is 1.05. The molecule has 0 aliphatic heterocycles. The SMILES string of the molecule is CCN(Cc1cccs1)c1cc(CNC)ccn1. The molecule has 2 aromatic heterocycles. The summed E-state index contributed by atoms with van der Waals surface area (Å²) < 4.78 is 0. The van der Waals surface area contributed by atoms with Crippen molar-refractivity contribution in [2.45, 2.75) is 20.0 Å². The fourth-order valence-corrected chi connectivity index (χ4v) is 2.61. The third-order valence-corrected chi connectivity index (χ3v) is 3.68. The maximum Gasteiger partial charge on any atom is 0.129 e. The normalized spacial score (nSPS) is 10.6. The molecule has 0 radical (unpaired) electrons. The van der Waals surface area contributed by atoms with Crippen molar-refractivity contribution in [1.29, 1.82) is 0 Å². The highest BCUT2D eigenvalue weighted by Crippen LogP contribution is 2.18. The van der Waals surface area contributed by atoms with Crippen molar-refractivity contribution in [1.82, 2.24) is 10.3 Å². The van der Waals surface area contributed by atoms with Gasteiger partial charge in [-0.3, -0.25) is 0 Å². The lowest BCUT2D eigenvalue weighted by molar-refractivity contribution is 0.798. The minimum absolute atomic E-state index is 0.881. The summed E-state index contributed by atoms with van der Waals surface area (Å²) in [7, 11) is 1.96. The van der Waals surface area contributed by atoms with Gasteiger partial charge in [0.05, 0.1) is 6.54 Å². The predicted octanol–water partition coefficient (Wildman–Crippen LogP) is 2.89. The number of anilines is 1. The fraction of sp³-hybridized carbons (Fsp3) is 0.357. The van der Waals surface area contributed by atoms with Gasteiger partial charge in [0.15, 0.2) is 0 Å². The Kier molecular flexibility index (Phi) is 4.73. The van der Waals surface area contributed by atoms with Crippen LogP contribution in [0.4, 0.5) is 5.82 Å². The molecule has 0 fully saturated rings. The van der Waals surface area contributed by atoms with Crippen molar-refractivity contribution in [3.05, 3.63) is 46.3 Å². The molecule has 18 heavy (non-hydrogen) atoms. The molecule has 0 aromatic carbocycles. The van der Waals surface area contributed by atoms with E-state index in [1.54, 1.807) is 11.3 Å². The van der Waals surface area contributed by atoms with Crippen LogP contribution in [0.2, 0.25) is 0 Å². The third kappa shape index (κ3) is 3.31. The van der Waals surface area contributed by atoms with Crippen molar-refractivity contribution in [3.8, 4) is 0 Å². The highest BCUT2D eigenvalue weighted by Gasteiger charge is 2.07. The maximum absolute atomic E-state index is 4.48. The van der Waals surface area contributed by atoms with E-state index in [0.717, 1.165) is 25.5 Å². The number of nitrogens with zero attached hydrogens (tertiary/aromatic N) is 2. The fourth-order valence-electron chi connectivity index (χ4n) is 1.89. The molecule has 0 saturated carbocycles. The van der Waals surface area contributed by atoms with E-state index in [9.17, 15) is 0 Å². The lowest BCUT2D eigenvalue weighted by atomic mass is 10.2. The number of thiophene rings is 1. The molecule has 0 amide bonds. The summed E-state index contributed by atoms with van der Waals surface area (Å²) >= 11 is 1.79. The van der Waals surface area contributed by atoms with Gasteiger partial charge < -0.3 is 10.2 Å². The van der Waals surface area contributed by atoms with Crippen molar-refractivity contribution < 1.29 is 0 Å². The van der Waals surface area contributed by atoms with E-state index in [1.165, 1.54) is 10.4 Å². The average Bonchev–Trinajstić information content (AvgIpc) is 2.89. The molecule has 0 aliphatic rings. The highest BCUT2D eigenvalue weighted by molar-refractivity contribution is 7.09. The topological polar surface area (TPSA) is 28.2 Å². The average molecular weight is 261 g/mol. The van der Waals surface area contributed by atoms with Gasteiger partial charge in [0.25, 0.3) is 0 Å². The van der Waals surface area contributed by atoms with Gasteiger partial charge in [-0.05, 0) is 43.1 Å². The molecule has 2 heterocycles. The van der Waals surface area contributed by atoms with Crippen LogP contribution in [0, 0.1) is 0 Å². The first-order valence-corrected chi connectivity index (χ1v) is 7.08. The molecule has 0 bridgehead atoms. The van der Waals surface area contributed by atoms with Crippen LogP contribution in [0.25, 0.3) is 0 Å². The summed E-state index contributed by atoms with van der Waals surface area (Å²) in [5, 5.41) is 5.29. The van der Waals surface area contributed by atoms with Crippen LogP contribution >= 0.6 is 11.3 Å². The molecule has 0 saturated heterocycles. The molecule has 0 unspecified atom stereocenters. The van der Waals surface area contributed by atoms with Gasteiger partial charge in [0, 0.05) is 24.2 Å². The van der Waals surface area contributed by atoms with Crippen molar-refractivity contribution in [2.24, 2.45) is 0 Å². The Balaban J connectivity index is 2.13. The molecule has 3 nitrogen and oxygen atoms in total. The zero-order chi connectivity index (χ0) is 12.8. The third-order valence-electron chi connectivity index (χ3n) is 2.82. The molecular formula is C14H19N3S. The first-order chi connectivity index (χ1) is 8.83. The van der Waals surface area contributed by atoms with Gasteiger partial charge in [-0.1, -0.05) is 6.07 Å². The van der Waals surface area contributed by atoms with Crippen LogP contribution in [-0.4, -0.2) is 18.6 Å². The van der Waals surface area contributed by atoms with Crippen LogP contribution in [0.1, 0.15) is 17.4 Å². The first-order valence-electron chi connectivity index (χ1n) is 6.20. The summed E-state index contributed by atoms with van der Waals surface area (Å²) in [5.41, 5.74) is 1.27. The van der Waals surface area contributed by atoms with Gasteiger partial charge in [-0.25, -0.2) is 4.98 Å². The number of hydrogen-bond acceptors (Lipinski definition) is 4. The van der Waals surface area contributed by atoms with E-state index >= 15 is 0 Å². The van der Waals surface area contributed by atoms with Gasteiger partial charge >= 0.3 is 0 Å². The second-order valence-electron chi connectivity index (χ2n) is 4.15. The van der Waals surface area contributed by atoms with Crippen LogP contribution in [0.15, 0.2) is 35.8 Å². The Bertz CT molecular complexity index is 468. The Morgan fingerprint density at radius 1 is 1.39 bits per heavy atom. The number of rotatable bonds is 6. The van der Waals surface area contributed by atoms with Crippen LogP contribution in [-0.2, 0) is 13.1 Å². The molecule has 2 aromatic rings. The maximum atomic E-state index is 4.48. The van der Waals surface area contributed by atoms with E-state index < -0.39 is 0 Å². The van der Waals surface area contributed by atoms with Gasteiger partial charge in [0.1, 0.15) is 5.82 Å². The molecule has 4 heteroatoms. The number of hydrogen-bond donors (Lipinski definition) is 1. The minimum atomic E-state index is 0.881. The highest BCUT2D eigenvalue weighted by atomic mass is 32.1. The molecular weight excluding hydrogens is 242 g/mol. The standard InChI is InChI=1S/C14H19N3S/c1-3-17(11-13-5-4-8-18-13)14-9-12(10-15-2)6-7-16-14/h4-9,15H,3,10-11H2,1-2H3.